The second-order valence-corrected chi connectivity index (χ2v) is 5.06. The molecule has 19 heavy (non-hydrogen) atoms. The van der Waals surface area contributed by atoms with Crippen LogP contribution in [0.1, 0.15) is 16.2 Å². The largest absolute Gasteiger partial charge is 0.390 e. The highest BCUT2D eigenvalue weighted by atomic mass is 16.3. The van der Waals surface area contributed by atoms with Gasteiger partial charge in [0.1, 0.15) is 5.69 Å². The van der Waals surface area contributed by atoms with Crippen LogP contribution >= 0.6 is 0 Å². The number of aliphatic hydroxyl groups is 1. The van der Waals surface area contributed by atoms with Gasteiger partial charge in [-0.05, 0) is 27.1 Å². The quantitative estimate of drug-likeness (QED) is 0.703. The van der Waals surface area contributed by atoms with Gasteiger partial charge in [0.2, 0.25) is 0 Å². The molecule has 1 saturated heterocycles. The molecule has 0 aliphatic carbocycles. The summed E-state index contributed by atoms with van der Waals surface area (Å²) in [5.41, 5.74) is 0.173. The molecule has 7 heteroatoms. The van der Waals surface area contributed by atoms with Gasteiger partial charge in [0.25, 0.3) is 5.91 Å². The molecule has 2 heterocycles. The first kappa shape index (κ1) is 13.7. The first-order valence-electron chi connectivity index (χ1n) is 6.10. The summed E-state index contributed by atoms with van der Waals surface area (Å²) in [5.74, 6) is -0.322. The van der Waals surface area contributed by atoms with E-state index in [1.807, 2.05) is 19.0 Å². The fourth-order valence-electron chi connectivity index (χ4n) is 2.29. The number of H-pyrrole nitrogens is 1. The maximum absolute atomic E-state index is 12.2. The van der Waals surface area contributed by atoms with Gasteiger partial charge in [-0.15, -0.1) is 0 Å². The van der Waals surface area contributed by atoms with Gasteiger partial charge < -0.3 is 19.9 Å². The van der Waals surface area contributed by atoms with Crippen molar-refractivity contribution < 1.29 is 9.90 Å². The summed E-state index contributed by atoms with van der Waals surface area (Å²) < 4.78 is 0. The molecule has 0 aromatic carbocycles. The Balaban J connectivity index is 2.19. The summed E-state index contributed by atoms with van der Waals surface area (Å²) in [4.78, 5) is 33.1. The second kappa shape index (κ2) is 5.10. The summed E-state index contributed by atoms with van der Waals surface area (Å²) in [6.07, 6.45) is -0.581. The number of aliphatic hydroxyl groups excluding tert-OH is 1. The molecule has 104 valence electrons. The van der Waals surface area contributed by atoms with E-state index in [9.17, 15) is 14.7 Å². The zero-order chi connectivity index (χ0) is 14.2. The van der Waals surface area contributed by atoms with Crippen LogP contribution < -0.4 is 5.69 Å². The minimum Gasteiger partial charge on any atom is -0.390 e. The molecule has 1 fully saturated rings. The third kappa shape index (κ3) is 2.82. The van der Waals surface area contributed by atoms with Crippen LogP contribution in [-0.4, -0.2) is 70.1 Å². The summed E-state index contributed by atoms with van der Waals surface area (Å²) in [6, 6.07) is 1.45. The monoisotopic (exact) mass is 266 g/mol. The van der Waals surface area contributed by atoms with Crippen molar-refractivity contribution in [3.05, 3.63) is 27.9 Å². The minimum absolute atomic E-state index is 0.0907. The third-order valence-electron chi connectivity index (χ3n) is 3.31. The number of aromatic nitrogens is 2. The molecule has 2 rings (SSSR count). The van der Waals surface area contributed by atoms with E-state index in [1.165, 1.54) is 4.90 Å². The standard InChI is InChI=1S/C12H18N4O3/c1-7-4-8(14-12(19)13-7)11(18)16-5-9(15(2)3)10(17)6-16/h4,9-10,17H,5-6H2,1-3H3,(H,13,14,19)/t9-,10-/m1/s1. The normalized spacial score (nSPS) is 23.1. The number of hydrogen-bond acceptors (Lipinski definition) is 5. The van der Waals surface area contributed by atoms with Crippen molar-refractivity contribution in [2.24, 2.45) is 0 Å². The second-order valence-electron chi connectivity index (χ2n) is 5.06. The molecule has 0 spiro atoms. The number of likely N-dealkylation sites (N-methyl/N-ethyl adjacent to an activating group) is 1. The zero-order valence-corrected chi connectivity index (χ0v) is 11.3. The molecule has 0 saturated carbocycles. The maximum Gasteiger partial charge on any atom is 0.345 e. The molecule has 2 N–H and O–H groups in total. The van der Waals surface area contributed by atoms with E-state index in [1.54, 1.807) is 13.0 Å². The summed E-state index contributed by atoms with van der Waals surface area (Å²) >= 11 is 0. The topological polar surface area (TPSA) is 89.5 Å². The average Bonchev–Trinajstić information content (AvgIpc) is 2.69. The Morgan fingerprint density at radius 2 is 2.21 bits per heavy atom. The highest BCUT2D eigenvalue weighted by Gasteiger charge is 2.36. The van der Waals surface area contributed by atoms with E-state index in [0.717, 1.165) is 0 Å². The van der Waals surface area contributed by atoms with Crippen molar-refractivity contribution in [3.63, 3.8) is 0 Å². The van der Waals surface area contributed by atoms with Crippen LogP contribution in [0.25, 0.3) is 0 Å². The van der Waals surface area contributed by atoms with Crippen molar-refractivity contribution in [1.29, 1.82) is 0 Å². The molecule has 2 atom stereocenters. The SMILES string of the molecule is Cc1cc(C(=O)N2C[C@@H](O)[C@H](N(C)C)C2)nc(=O)[nH]1. The fourth-order valence-corrected chi connectivity index (χ4v) is 2.29. The molecular formula is C12H18N4O3. The molecule has 0 radical (unpaired) electrons. The highest BCUT2D eigenvalue weighted by molar-refractivity contribution is 5.92. The fraction of sp³-hybridized carbons (Fsp3) is 0.583. The Labute approximate surface area is 110 Å². The van der Waals surface area contributed by atoms with Crippen molar-refractivity contribution in [1.82, 2.24) is 19.8 Å². The molecule has 1 amide bonds. The molecule has 7 nitrogen and oxygen atoms in total. The van der Waals surface area contributed by atoms with Crippen LogP contribution in [0.15, 0.2) is 10.9 Å². The summed E-state index contributed by atoms with van der Waals surface area (Å²) in [5, 5.41) is 9.91. The molecule has 1 aliphatic rings. The van der Waals surface area contributed by atoms with E-state index in [-0.39, 0.29) is 24.2 Å². The zero-order valence-electron chi connectivity index (χ0n) is 11.3. The van der Waals surface area contributed by atoms with Gasteiger partial charge in [-0.2, -0.15) is 4.98 Å². The minimum atomic E-state index is -0.581. The maximum atomic E-state index is 12.2. The molecule has 1 aromatic heterocycles. The predicted octanol–water partition coefficient (Wildman–Crippen LogP) is -1.17. The number of carbonyl (C=O) groups excluding carboxylic acids is 1. The van der Waals surface area contributed by atoms with Gasteiger partial charge in [0.15, 0.2) is 0 Å². The van der Waals surface area contributed by atoms with E-state index < -0.39 is 11.8 Å². The van der Waals surface area contributed by atoms with Crippen molar-refractivity contribution >= 4 is 5.91 Å². The van der Waals surface area contributed by atoms with Gasteiger partial charge >= 0.3 is 5.69 Å². The number of aryl methyl sites for hydroxylation is 1. The van der Waals surface area contributed by atoms with Crippen LogP contribution in [0, 0.1) is 6.92 Å². The Morgan fingerprint density at radius 3 is 2.74 bits per heavy atom. The van der Waals surface area contributed by atoms with Gasteiger partial charge in [-0.3, -0.25) is 4.79 Å². The van der Waals surface area contributed by atoms with Gasteiger partial charge in [0.05, 0.1) is 12.1 Å². The van der Waals surface area contributed by atoms with Crippen LogP contribution in [0.5, 0.6) is 0 Å². The molecule has 1 aromatic rings. The lowest BCUT2D eigenvalue weighted by atomic mass is 10.2. The van der Waals surface area contributed by atoms with Crippen LogP contribution in [0.4, 0.5) is 0 Å². The number of likely N-dealkylation sites (tertiary alicyclic amines) is 1. The number of nitrogens with one attached hydrogen (secondary N) is 1. The smallest absolute Gasteiger partial charge is 0.345 e. The van der Waals surface area contributed by atoms with Gasteiger partial charge in [-0.1, -0.05) is 0 Å². The first-order chi connectivity index (χ1) is 8.88. The number of aromatic amines is 1. The Morgan fingerprint density at radius 1 is 1.53 bits per heavy atom. The van der Waals surface area contributed by atoms with Gasteiger partial charge in [-0.25, -0.2) is 4.79 Å². The number of rotatable bonds is 2. The van der Waals surface area contributed by atoms with Crippen molar-refractivity contribution in [2.75, 3.05) is 27.2 Å². The van der Waals surface area contributed by atoms with Crippen LogP contribution in [0.2, 0.25) is 0 Å². The average molecular weight is 266 g/mol. The Bertz CT molecular complexity index is 540. The number of amides is 1. The van der Waals surface area contributed by atoms with Crippen molar-refractivity contribution in [3.8, 4) is 0 Å². The summed E-state index contributed by atoms with van der Waals surface area (Å²) in [7, 11) is 3.72. The predicted molar refractivity (Wildman–Crippen MR) is 69.0 cm³/mol. The van der Waals surface area contributed by atoms with E-state index >= 15 is 0 Å². The van der Waals surface area contributed by atoms with Crippen LogP contribution in [-0.2, 0) is 0 Å². The number of β-amino-alcohol motifs (C(OH)–C–C–N with tert-alkyl or cyclic N) is 1. The Kier molecular flexibility index (Phi) is 3.68. The third-order valence-corrected chi connectivity index (χ3v) is 3.31. The lowest BCUT2D eigenvalue weighted by molar-refractivity contribution is 0.0757. The van der Waals surface area contributed by atoms with Crippen molar-refractivity contribution in [2.45, 2.75) is 19.1 Å². The molecular weight excluding hydrogens is 248 g/mol. The van der Waals surface area contributed by atoms with E-state index in [0.29, 0.717) is 12.2 Å². The van der Waals surface area contributed by atoms with Gasteiger partial charge in [0, 0.05) is 18.8 Å². The number of nitrogens with zero attached hydrogens (tertiary/aromatic N) is 3. The van der Waals surface area contributed by atoms with E-state index in [2.05, 4.69) is 9.97 Å². The molecule has 0 unspecified atom stereocenters. The number of hydrogen-bond donors (Lipinski definition) is 2. The highest BCUT2D eigenvalue weighted by Crippen LogP contribution is 2.16. The molecule has 0 bridgehead atoms. The lowest BCUT2D eigenvalue weighted by Crippen LogP contribution is -2.38. The lowest BCUT2D eigenvalue weighted by Gasteiger charge is -2.21. The summed E-state index contributed by atoms with van der Waals surface area (Å²) in [6.45, 7) is 2.39. The molecule has 1 aliphatic heterocycles. The Hall–Kier alpha value is -1.73. The number of carbonyl (C=O) groups is 1. The van der Waals surface area contributed by atoms with Crippen LogP contribution in [0.3, 0.4) is 0 Å². The first-order valence-corrected chi connectivity index (χ1v) is 6.10. The van der Waals surface area contributed by atoms with E-state index in [4.69, 9.17) is 0 Å².